The van der Waals surface area contributed by atoms with Crippen molar-refractivity contribution in [1.29, 1.82) is 0 Å². The predicted octanol–water partition coefficient (Wildman–Crippen LogP) is 3.73. The van der Waals surface area contributed by atoms with Crippen LogP contribution in [0.3, 0.4) is 0 Å². The second kappa shape index (κ2) is 7.10. The molecule has 0 aliphatic rings. The quantitative estimate of drug-likeness (QED) is 0.840. The maximum Gasteiger partial charge on any atom is 0.501 e. The van der Waals surface area contributed by atoms with Gasteiger partial charge in [0.05, 0.1) is 10.6 Å². The van der Waals surface area contributed by atoms with E-state index in [0.717, 1.165) is 24.3 Å². The smallest absolute Gasteiger partial charge is 0.435 e. The molecule has 0 saturated heterocycles. The van der Waals surface area contributed by atoms with Gasteiger partial charge in [0.15, 0.2) is 5.89 Å². The van der Waals surface area contributed by atoms with E-state index in [0.29, 0.717) is 18.0 Å². The minimum Gasteiger partial charge on any atom is -0.435 e. The Labute approximate surface area is 148 Å². The standard InChI is InChI=1S/C16H17F3N2O4S/c1-9(2)8-13-20-10(3)14(25-13)15(22)21-11-4-6-12(7-5-11)26(23,24)16(17,18)19/h4-7,9H,8H2,1-3H3,(H,21,22). The Morgan fingerprint density at radius 1 is 1.23 bits per heavy atom. The predicted molar refractivity (Wildman–Crippen MR) is 87.4 cm³/mol. The number of alkyl halides is 3. The van der Waals surface area contributed by atoms with Crippen LogP contribution in [0.2, 0.25) is 0 Å². The summed E-state index contributed by atoms with van der Waals surface area (Å²) in [6.07, 6.45) is 0.554. The Hall–Kier alpha value is -2.36. The van der Waals surface area contributed by atoms with Gasteiger partial charge in [-0.2, -0.15) is 13.2 Å². The Morgan fingerprint density at radius 2 is 1.81 bits per heavy atom. The number of anilines is 1. The Balaban J connectivity index is 2.17. The van der Waals surface area contributed by atoms with E-state index in [1.54, 1.807) is 6.92 Å². The van der Waals surface area contributed by atoms with Gasteiger partial charge in [0.1, 0.15) is 0 Å². The first-order valence-corrected chi connectivity index (χ1v) is 9.09. The van der Waals surface area contributed by atoms with Gasteiger partial charge in [-0.1, -0.05) is 13.8 Å². The first kappa shape index (κ1) is 20.0. The van der Waals surface area contributed by atoms with Gasteiger partial charge >= 0.3 is 5.51 Å². The van der Waals surface area contributed by atoms with Crippen LogP contribution in [-0.2, 0) is 16.3 Å². The van der Waals surface area contributed by atoms with Crippen LogP contribution in [-0.4, -0.2) is 24.8 Å². The zero-order chi connectivity index (χ0) is 19.7. The molecule has 0 spiro atoms. The van der Waals surface area contributed by atoms with E-state index in [1.807, 2.05) is 13.8 Å². The van der Waals surface area contributed by atoms with Crippen LogP contribution >= 0.6 is 0 Å². The van der Waals surface area contributed by atoms with Gasteiger partial charge in [0.25, 0.3) is 15.7 Å². The van der Waals surface area contributed by atoms with Crippen molar-refractivity contribution < 1.29 is 30.8 Å². The number of benzene rings is 1. The summed E-state index contributed by atoms with van der Waals surface area (Å²) in [5.74, 6) is 0.0606. The van der Waals surface area contributed by atoms with Gasteiger partial charge in [-0.15, -0.1) is 0 Å². The molecule has 1 N–H and O–H groups in total. The van der Waals surface area contributed by atoms with Gasteiger partial charge < -0.3 is 9.73 Å². The highest BCUT2D eigenvalue weighted by Crippen LogP contribution is 2.30. The molecular weight excluding hydrogens is 373 g/mol. The van der Waals surface area contributed by atoms with E-state index in [9.17, 15) is 26.4 Å². The number of rotatable bonds is 5. The number of sulfone groups is 1. The number of nitrogens with one attached hydrogen (secondary N) is 1. The van der Waals surface area contributed by atoms with E-state index in [1.165, 1.54) is 0 Å². The van der Waals surface area contributed by atoms with Crippen LogP contribution in [0.5, 0.6) is 0 Å². The van der Waals surface area contributed by atoms with Crippen LogP contribution in [0.15, 0.2) is 33.6 Å². The van der Waals surface area contributed by atoms with Gasteiger partial charge in [-0.25, -0.2) is 13.4 Å². The fourth-order valence-corrected chi connectivity index (χ4v) is 2.90. The van der Waals surface area contributed by atoms with Crippen molar-refractivity contribution in [3.05, 3.63) is 41.6 Å². The molecule has 1 heterocycles. The average molecular weight is 390 g/mol. The highest BCUT2D eigenvalue weighted by atomic mass is 32.2. The molecule has 6 nitrogen and oxygen atoms in total. The lowest BCUT2D eigenvalue weighted by atomic mass is 10.1. The molecule has 0 atom stereocenters. The van der Waals surface area contributed by atoms with Gasteiger partial charge in [0.2, 0.25) is 5.76 Å². The van der Waals surface area contributed by atoms with Crippen LogP contribution in [0, 0.1) is 12.8 Å². The molecule has 0 saturated carbocycles. The third-order valence-corrected chi connectivity index (χ3v) is 4.86. The zero-order valence-corrected chi connectivity index (χ0v) is 15.0. The molecule has 26 heavy (non-hydrogen) atoms. The maximum absolute atomic E-state index is 12.5. The summed E-state index contributed by atoms with van der Waals surface area (Å²) in [5.41, 5.74) is -4.88. The second-order valence-corrected chi connectivity index (χ2v) is 7.99. The van der Waals surface area contributed by atoms with Gasteiger partial charge in [0, 0.05) is 12.1 Å². The lowest BCUT2D eigenvalue weighted by molar-refractivity contribution is -0.0436. The summed E-state index contributed by atoms with van der Waals surface area (Å²) in [6.45, 7) is 5.53. The Morgan fingerprint density at radius 3 is 2.31 bits per heavy atom. The number of nitrogens with zero attached hydrogens (tertiary/aromatic N) is 1. The topological polar surface area (TPSA) is 89.3 Å². The third-order valence-electron chi connectivity index (χ3n) is 3.36. The Kier molecular flexibility index (Phi) is 5.45. The average Bonchev–Trinajstić information content (AvgIpc) is 2.86. The molecule has 1 amide bonds. The summed E-state index contributed by atoms with van der Waals surface area (Å²) in [7, 11) is -5.43. The fourth-order valence-electron chi connectivity index (χ4n) is 2.14. The van der Waals surface area contributed by atoms with Gasteiger partial charge in [-0.3, -0.25) is 4.79 Å². The normalized spacial score (nSPS) is 12.4. The summed E-state index contributed by atoms with van der Waals surface area (Å²) < 4.78 is 65.6. The largest absolute Gasteiger partial charge is 0.501 e. The number of hydrogen-bond acceptors (Lipinski definition) is 5. The number of carbonyl (C=O) groups excluding carboxylic acids is 1. The van der Waals surface area contributed by atoms with Crippen molar-refractivity contribution in [2.24, 2.45) is 5.92 Å². The number of oxazole rings is 1. The molecule has 0 bridgehead atoms. The zero-order valence-electron chi connectivity index (χ0n) is 14.2. The SMILES string of the molecule is Cc1nc(CC(C)C)oc1C(=O)Nc1ccc(S(=O)(=O)C(F)(F)F)cc1. The molecular formula is C16H17F3N2O4S. The molecule has 0 radical (unpaired) electrons. The first-order chi connectivity index (χ1) is 11.9. The summed E-state index contributed by atoms with van der Waals surface area (Å²) >= 11 is 0. The molecule has 0 unspecified atom stereocenters. The second-order valence-electron chi connectivity index (χ2n) is 6.05. The number of halogens is 3. The molecule has 142 valence electrons. The Bertz CT molecular complexity index is 901. The number of carbonyl (C=O) groups is 1. The van der Waals surface area contributed by atoms with Crippen molar-refractivity contribution in [3.8, 4) is 0 Å². The van der Waals surface area contributed by atoms with Gasteiger partial charge in [-0.05, 0) is 37.1 Å². The van der Waals surface area contributed by atoms with Crippen LogP contribution in [0.25, 0.3) is 0 Å². The lowest BCUT2D eigenvalue weighted by Gasteiger charge is -2.09. The lowest BCUT2D eigenvalue weighted by Crippen LogP contribution is -2.23. The highest BCUT2D eigenvalue weighted by Gasteiger charge is 2.46. The number of hydrogen-bond donors (Lipinski definition) is 1. The van der Waals surface area contributed by atoms with E-state index in [-0.39, 0.29) is 17.4 Å². The molecule has 0 aliphatic heterocycles. The summed E-state index contributed by atoms with van der Waals surface area (Å²) in [6, 6.07) is 3.68. The molecule has 10 heteroatoms. The maximum atomic E-state index is 12.5. The van der Waals surface area contributed by atoms with Crippen LogP contribution < -0.4 is 5.32 Å². The van der Waals surface area contributed by atoms with E-state index < -0.39 is 26.1 Å². The van der Waals surface area contributed by atoms with Crippen LogP contribution in [0.1, 0.15) is 36.0 Å². The molecule has 2 rings (SSSR count). The van der Waals surface area contributed by atoms with Crippen LogP contribution in [0.4, 0.5) is 18.9 Å². The first-order valence-electron chi connectivity index (χ1n) is 7.61. The molecule has 1 aromatic carbocycles. The fraction of sp³-hybridized carbons (Fsp3) is 0.375. The van der Waals surface area contributed by atoms with E-state index in [2.05, 4.69) is 10.3 Å². The molecule has 1 aromatic heterocycles. The highest BCUT2D eigenvalue weighted by molar-refractivity contribution is 7.92. The third kappa shape index (κ3) is 4.24. The minimum absolute atomic E-state index is 0.00682. The van der Waals surface area contributed by atoms with E-state index >= 15 is 0 Å². The molecule has 0 aliphatic carbocycles. The number of aromatic nitrogens is 1. The van der Waals surface area contributed by atoms with Crippen molar-refractivity contribution >= 4 is 21.4 Å². The number of aryl methyl sites for hydroxylation is 1. The van der Waals surface area contributed by atoms with Crippen molar-refractivity contribution in [1.82, 2.24) is 4.98 Å². The van der Waals surface area contributed by atoms with Crippen molar-refractivity contribution in [3.63, 3.8) is 0 Å². The summed E-state index contributed by atoms with van der Waals surface area (Å²) in [4.78, 5) is 15.5. The summed E-state index contributed by atoms with van der Waals surface area (Å²) in [5, 5.41) is 2.43. The monoisotopic (exact) mass is 390 g/mol. The van der Waals surface area contributed by atoms with E-state index in [4.69, 9.17) is 4.42 Å². The minimum atomic E-state index is -5.43. The molecule has 2 aromatic rings. The van der Waals surface area contributed by atoms with Crippen molar-refractivity contribution in [2.45, 2.75) is 37.6 Å². The number of amides is 1. The van der Waals surface area contributed by atoms with Crippen molar-refractivity contribution in [2.75, 3.05) is 5.32 Å². The molecule has 0 fully saturated rings.